The summed E-state index contributed by atoms with van der Waals surface area (Å²) in [5, 5.41) is 7.69. The molecule has 10 heteroatoms. The predicted octanol–water partition coefficient (Wildman–Crippen LogP) is 18.2. The topological polar surface area (TPSA) is 117 Å². The number of aromatic nitrogens is 7. The highest BCUT2D eigenvalue weighted by Gasteiger charge is 2.22. The van der Waals surface area contributed by atoms with E-state index in [1.54, 1.807) is 36.1 Å². The van der Waals surface area contributed by atoms with Gasteiger partial charge in [0.1, 0.15) is 38.9 Å². The van der Waals surface area contributed by atoms with Crippen LogP contribution in [0.4, 0.5) is 0 Å². The minimum atomic E-state index is 0.675. The average Bonchev–Trinajstić information content (AvgIpc) is 4.41. The summed E-state index contributed by atoms with van der Waals surface area (Å²) in [7, 11) is 0. The first-order valence-corrected chi connectivity index (χ1v) is 26.9. The summed E-state index contributed by atoms with van der Waals surface area (Å²) in [6.07, 6.45) is 10.7. The first-order valence-electron chi connectivity index (χ1n) is 26.1. The van der Waals surface area contributed by atoms with Crippen molar-refractivity contribution >= 4 is 119 Å². The van der Waals surface area contributed by atoms with Crippen molar-refractivity contribution in [1.29, 1.82) is 0 Å². The molecule has 0 saturated carbocycles. The third-order valence-corrected chi connectivity index (χ3v) is 16.8. The van der Waals surface area contributed by atoms with Gasteiger partial charge in [0.25, 0.3) is 0 Å². The molecule has 0 aliphatic carbocycles. The number of pyridine rings is 1. The Morgan fingerprint density at radius 3 is 1.63 bits per heavy atom. The molecular formula is C69H37N7O2S. The van der Waals surface area contributed by atoms with Crippen LogP contribution in [0.2, 0.25) is 0 Å². The molecule has 17 rings (SSSR count). The molecule has 0 aliphatic rings. The summed E-state index contributed by atoms with van der Waals surface area (Å²) in [4.78, 5) is 34.4. The molecular weight excluding hydrogens is 991 g/mol. The van der Waals surface area contributed by atoms with Crippen LogP contribution in [0.3, 0.4) is 0 Å². The molecule has 10 aromatic carbocycles. The van der Waals surface area contributed by atoms with E-state index in [1.807, 2.05) is 42.7 Å². The number of thiophene rings is 1. The summed E-state index contributed by atoms with van der Waals surface area (Å²) >= 11 is 1.77. The Bertz CT molecular complexity index is 5280. The van der Waals surface area contributed by atoms with Gasteiger partial charge < -0.3 is 8.83 Å². The Hall–Kier alpha value is -10.6. The summed E-state index contributed by atoms with van der Waals surface area (Å²) in [5.41, 5.74) is 20.7. The van der Waals surface area contributed by atoms with Gasteiger partial charge in [0.05, 0.1) is 34.0 Å². The van der Waals surface area contributed by atoms with E-state index in [4.69, 9.17) is 33.8 Å². The van der Waals surface area contributed by atoms with Crippen LogP contribution >= 0.6 is 11.3 Å². The van der Waals surface area contributed by atoms with E-state index in [1.165, 1.54) is 15.5 Å². The lowest BCUT2D eigenvalue weighted by molar-refractivity contribution is 0.670. The van der Waals surface area contributed by atoms with Gasteiger partial charge in [-0.15, -0.1) is 11.3 Å². The van der Waals surface area contributed by atoms with Gasteiger partial charge in [-0.1, -0.05) is 121 Å². The lowest BCUT2D eigenvalue weighted by Crippen LogP contribution is -1.96. The molecule has 0 fully saturated rings. The van der Waals surface area contributed by atoms with Crippen LogP contribution < -0.4 is 0 Å². The smallest absolute Gasteiger partial charge is 0.143 e. The molecule has 0 atom stereocenters. The molecule has 0 amide bonds. The normalized spacial score (nSPS) is 12.1. The van der Waals surface area contributed by atoms with E-state index >= 15 is 0 Å². The second-order valence-corrected chi connectivity index (χ2v) is 21.0. The number of rotatable bonds is 6. The van der Waals surface area contributed by atoms with Gasteiger partial charge in [0.2, 0.25) is 0 Å². The van der Waals surface area contributed by atoms with E-state index in [-0.39, 0.29) is 0 Å². The van der Waals surface area contributed by atoms with Crippen molar-refractivity contribution < 1.29 is 8.83 Å². The zero-order valence-corrected chi connectivity index (χ0v) is 42.5. The number of hydrogen-bond donors (Lipinski definition) is 0. The van der Waals surface area contributed by atoms with Crippen LogP contribution in [0.5, 0.6) is 0 Å². The summed E-state index contributed by atoms with van der Waals surface area (Å²) in [6.45, 7) is 0. The largest absolute Gasteiger partial charge is 0.455 e. The lowest BCUT2D eigenvalue weighted by Gasteiger charge is -2.14. The number of para-hydroxylation sites is 4. The summed E-state index contributed by atoms with van der Waals surface area (Å²) < 4.78 is 15.7. The van der Waals surface area contributed by atoms with Crippen molar-refractivity contribution in [2.45, 2.75) is 0 Å². The molecule has 0 bridgehead atoms. The molecule has 0 spiro atoms. The highest BCUT2D eigenvalue weighted by atomic mass is 32.1. The van der Waals surface area contributed by atoms with Crippen molar-refractivity contribution in [3.8, 4) is 66.9 Å². The van der Waals surface area contributed by atoms with Gasteiger partial charge in [0.15, 0.2) is 0 Å². The predicted molar refractivity (Wildman–Crippen MR) is 321 cm³/mol. The number of benzene rings is 10. The van der Waals surface area contributed by atoms with E-state index in [0.717, 1.165) is 148 Å². The first-order chi connectivity index (χ1) is 39.1. The fourth-order valence-corrected chi connectivity index (χ4v) is 13.1. The molecule has 7 heterocycles. The van der Waals surface area contributed by atoms with E-state index in [9.17, 15) is 0 Å². The van der Waals surface area contributed by atoms with E-state index < -0.39 is 0 Å². The van der Waals surface area contributed by atoms with E-state index in [2.05, 4.69) is 168 Å². The maximum atomic E-state index is 6.65. The van der Waals surface area contributed by atoms with Crippen molar-refractivity contribution in [3.63, 3.8) is 0 Å². The molecule has 0 unspecified atom stereocenters. The van der Waals surface area contributed by atoms with Gasteiger partial charge in [-0.05, 0) is 106 Å². The third kappa shape index (κ3) is 6.78. The SMILES string of the molecule is c1ccc2c(c1)oc1c(-c3cc(-c4cc5ncc(-c6cccc7c6sc6ccc(-c8ccc(-c9ccnc%10c9ccc9nccnc9%10)cc8)cc67)nc5c5nccnc45)cc(-c4cccc5c4oc4ccccc45)c3)cccc12. The number of nitrogens with zero attached hydrogens (tertiary/aromatic N) is 7. The Morgan fingerprint density at radius 1 is 0.304 bits per heavy atom. The fourth-order valence-electron chi connectivity index (χ4n) is 11.9. The van der Waals surface area contributed by atoms with Crippen LogP contribution in [-0.2, 0) is 0 Å². The standard InChI is InChI=1S/C69H37N7O2S/c1-3-16-59-47(8-1)50-12-5-10-45(67(50)77-59)41-32-42(46-11-6-13-51-48-9-2-4-17-60(48)78-68(46)51)34-43(33-41)54-36-57-65(66-63(54)72-30-31-74-66)76-58(37-75-57)53-15-7-14-52-55-35-40(22-25-61(55)79-69(52)53)38-18-20-39(21-19-38)44-26-27-71-62-49(44)23-24-56-64(62)73-29-28-70-56/h1-37H. The fraction of sp³-hybridized carbons (Fsp3) is 0. The van der Waals surface area contributed by atoms with Gasteiger partial charge in [-0.25, -0.2) is 4.98 Å². The molecule has 0 saturated heterocycles. The lowest BCUT2D eigenvalue weighted by atomic mass is 9.91. The molecule has 17 aromatic rings. The number of furan rings is 2. The number of hydrogen-bond acceptors (Lipinski definition) is 10. The van der Waals surface area contributed by atoms with Crippen molar-refractivity contribution in [2.24, 2.45) is 0 Å². The second kappa shape index (κ2) is 17.0. The summed E-state index contributed by atoms with van der Waals surface area (Å²) in [5.74, 6) is 0. The van der Waals surface area contributed by atoms with Crippen molar-refractivity contribution in [3.05, 3.63) is 225 Å². The Labute approximate surface area is 452 Å². The van der Waals surface area contributed by atoms with Crippen LogP contribution in [0.1, 0.15) is 0 Å². The molecule has 7 aromatic heterocycles. The maximum Gasteiger partial charge on any atom is 0.143 e. The van der Waals surface area contributed by atoms with E-state index in [0.29, 0.717) is 11.0 Å². The van der Waals surface area contributed by atoms with Gasteiger partial charge in [-0.3, -0.25) is 29.9 Å². The summed E-state index contributed by atoms with van der Waals surface area (Å²) in [6, 6.07) is 66.2. The zero-order chi connectivity index (χ0) is 51.7. The molecule has 79 heavy (non-hydrogen) atoms. The molecule has 0 radical (unpaired) electrons. The maximum absolute atomic E-state index is 6.65. The highest BCUT2D eigenvalue weighted by molar-refractivity contribution is 7.26. The minimum absolute atomic E-state index is 0.675. The second-order valence-electron chi connectivity index (χ2n) is 20.0. The highest BCUT2D eigenvalue weighted by Crippen LogP contribution is 2.45. The average molecular weight is 1030 g/mol. The first kappa shape index (κ1) is 43.7. The third-order valence-electron chi connectivity index (χ3n) is 15.6. The Kier molecular flexibility index (Phi) is 9.38. The minimum Gasteiger partial charge on any atom is -0.455 e. The quantitative estimate of drug-likeness (QED) is 0.150. The van der Waals surface area contributed by atoms with Crippen LogP contribution in [0, 0.1) is 0 Å². The van der Waals surface area contributed by atoms with Gasteiger partial charge in [0, 0.05) is 100 Å². The molecule has 0 aliphatic heterocycles. The van der Waals surface area contributed by atoms with Gasteiger partial charge >= 0.3 is 0 Å². The van der Waals surface area contributed by atoms with Gasteiger partial charge in [-0.2, -0.15) is 0 Å². The molecule has 0 N–H and O–H groups in total. The van der Waals surface area contributed by atoms with Crippen molar-refractivity contribution in [2.75, 3.05) is 0 Å². The number of fused-ring (bicyclic) bond motifs is 15. The van der Waals surface area contributed by atoms with Crippen LogP contribution in [0.25, 0.3) is 175 Å². The molecule has 9 nitrogen and oxygen atoms in total. The Morgan fingerprint density at radius 2 is 0.899 bits per heavy atom. The monoisotopic (exact) mass is 1030 g/mol. The van der Waals surface area contributed by atoms with Crippen molar-refractivity contribution in [1.82, 2.24) is 34.9 Å². The Balaban J connectivity index is 0.776. The van der Waals surface area contributed by atoms with Crippen LogP contribution in [-0.4, -0.2) is 34.9 Å². The molecule has 366 valence electrons. The zero-order valence-electron chi connectivity index (χ0n) is 41.7. The van der Waals surface area contributed by atoms with Crippen LogP contribution in [0.15, 0.2) is 234 Å².